The third kappa shape index (κ3) is 16.0. The molecular weight excluding hydrogens is 812 g/mol. The molecule has 0 saturated carbocycles. The van der Waals surface area contributed by atoms with E-state index in [9.17, 15) is 91.3 Å². The lowest BCUT2D eigenvalue weighted by atomic mass is 9.98. The number of hydrogen-bond acceptors (Lipinski definition) is 22. The van der Waals surface area contributed by atoms with E-state index in [1.54, 1.807) is 0 Å². The van der Waals surface area contributed by atoms with Gasteiger partial charge in [0.2, 0.25) is 0 Å². The number of nitrogens with one attached hydrogen (secondary N) is 2. The Kier molecular flexibility index (Phi) is 25.4. The molecule has 0 spiro atoms. The van der Waals surface area contributed by atoms with Crippen LogP contribution in [0.5, 0.6) is 0 Å². The largest absolute Gasteiger partial charge is 0.394 e. The van der Waals surface area contributed by atoms with E-state index in [0.717, 1.165) is 51.4 Å². The summed E-state index contributed by atoms with van der Waals surface area (Å²) < 4.78 is 21.0. The van der Waals surface area contributed by atoms with E-state index in [0.29, 0.717) is 12.8 Å². The van der Waals surface area contributed by atoms with Crippen molar-refractivity contribution in [3.8, 4) is 0 Å². The average molecular weight is 881 g/mol. The predicted molar refractivity (Wildman–Crippen MR) is 200 cm³/mol. The summed E-state index contributed by atoms with van der Waals surface area (Å²) in [5, 5.41) is 165. The van der Waals surface area contributed by atoms with E-state index >= 15 is 0 Å². The number of amides is 2. The van der Waals surface area contributed by atoms with Crippen LogP contribution in [-0.4, -0.2) is 243 Å². The standard InChI is InChI=1S/C36H68N2O22/c39-13-17(43)31(59-35-29(53)23(47)21(45)19(15-41)57-35)25(49)27(51)33(55)37-11-9-7-5-3-1-2-4-6-8-10-12-38-34(56)28(52)26(50)32(18(44)14-40)60-36-30(54)24(48)22(46)20(16-42)58-36/h17-32,35-36,39-54H,1-16H2,(H,37,55)(H,38,56)/t17-,18-,19-,20-,21+,22+,23+,24+,25-,26-,27-,28-,29-,30-,31-,32-,35+,36+/m1/s1. The topological polar surface area (TPSA) is 419 Å². The van der Waals surface area contributed by atoms with Crippen molar-refractivity contribution in [2.24, 2.45) is 0 Å². The summed E-state index contributed by atoms with van der Waals surface area (Å²) in [4.78, 5) is 25.0. The Bertz CT molecular complexity index is 1110. The van der Waals surface area contributed by atoms with Crippen molar-refractivity contribution in [3.63, 3.8) is 0 Å². The van der Waals surface area contributed by atoms with E-state index in [2.05, 4.69) is 10.6 Å². The highest BCUT2D eigenvalue weighted by atomic mass is 16.7. The number of aliphatic hydroxyl groups is 16. The number of carbonyl (C=O) groups is 2. The Morgan fingerprint density at radius 3 is 1.05 bits per heavy atom. The van der Waals surface area contributed by atoms with Gasteiger partial charge in [0, 0.05) is 13.1 Å². The van der Waals surface area contributed by atoms with Crippen molar-refractivity contribution in [2.75, 3.05) is 39.5 Å². The molecule has 2 fully saturated rings. The Morgan fingerprint density at radius 1 is 0.467 bits per heavy atom. The van der Waals surface area contributed by atoms with Crippen molar-refractivity contribution in [3.05, 3.63) is 0 Å². The van der Waals surface area contributed by atoms with Gasteiger partial charge in [-0.25, -0.2) is 0 Å². The lowest BCUT2D eigenvalue weighted by Gasteiger charge is -2.42. The van der Waals surface area contributed by atoms with Gasteiger partial charge in [-0.2, -0.15) is 0 Å². The second-order valence-corrected chi connectivity index (χ2v) is 15.1. The second-order valence-electron chi connectivity index (χ2n) is 15.1. The average Bonchev–Trinajstić information content (AvgIpc) is 3.25. The minimum absolute atomic E-state index is 0.150. The zero-order valence-electron chi connectivity index (χ0n) is 33.3. The molecule has 0 aliphatic carbocycles. The van der Waals surface area contributed by atoms with Crippen molar-refractivity contribution in [2.45, 2.75) is 174 Å². The zero-order chi connectivity index (χ0) is 45.1. The number of carbonyl (C=O) groups excluding carboxylic acids is 2. The summed E-state index contributed by atoms with van der Waals surface area (Å²) in [5.74, 6) is -2.01. The van der Waals surface area contributed by atoms with Gasteiger partial charge >= 0.3 is 0 Å². The van der Waals surface area contributed by atoms with Crippen LogP contribution >= 0.6 is 0 Å². The van der Waals surface area contributed by atoms with E-state index in [4.69, 9.17) is 18.9 Å². The molecule has 0 unspecified atom stereocenters. The quantitative estimate of drug-likeness (QED) is 0.0310. The molecule has 0 aromatic heterocycles. The molecule has 0 bridgehead atoms. The molecular formula is C36H68N2O22. The van der Waals surface area contributed by atoms with Crippen LogP contribution in [0.2, 0.25) is 0 Å². The Morgan fingerprint density at radius 2 is 0.767 bits per heavy atom. The molecule has 18 atom stereocenters. The third-order valence-corrected chi connectivity index (χ3v) is 10.5. The number of hydrogen-bond donors (Lipinski definition) is 18. The van der Waals surface area contributed by atoms with Gasteiger partial charge in [0.25, 0.3) is 11.8 Å². The van der Waals surface area contributed by atoms with Crippen molar-refractivity contribution in [1.82, 2.24) is 10.6 Å². The highest BCUT2D eigenvalue weighted by molar-refractivity contribution is 5.81. The van der Waals surface area contributed by atoms with Crippen LogP contribution in [0.3, 0.4) is 0 Å². The summed E-state index contributed by atoms with van der Waals surface area (Å²) in [6.45, 7) is -3.25. The van der Waals surface area contributed by atoms with Crippen LogP contribution in [0.4, 0.5) is 0 Å². The van der Waals surface area contributed by atoms with Crippen LogP contribution in [0.1, 0.15) is 64.2 Å². The maximum atomic E-state index is 12.5. The lowest BCUT2D eigenvalue weighted by Crippen LogP contribution is -2.62. The molecule has 18 N–H and O–H groups in total. The fraction of sp³-hybridized carbons (Fsp3) is 0.944. The zero-order valence-corrected chi connectivity index (χ0v) is 33.3. The van der Waals surface area contributed by atoms with Gasteiger partial charge in [0.15, 0.2) is 24.8 Å². The van der Waals surface area contributed by atoms with Crippen molar-refractivity contribution >= 4 is 11.8 Å². The first-order valence-corrected chi connectivity index (χ1v) is 20.2. The first-order chi connectivity index (χ1) is 28.5. The highest BCUT2D eigenvalue weighted by Gasteiger charge is 2.49. The smallest absolute Gasteiger partial charge is 0.251 e. The van der Waals surface area contributed by atoms with E-state index < -0.39 is 148 Å². The van der Waals surface area contributed by atoms with Crippen LogP contribution in [0, 0.1) is 0 Å². The van der Waals surface area contributed by atoms with Gasteiger partial charge in [0.1, 0.15) is 85.5 Å². The van der Waals surface area contributed by atoms with Crippen LogP contribution in [0.25, 0.3) is 0 Å². The van der Waals surface area contributed by atoms with Crippen LogP contribution in [0.15, 0.2) is 0 Å². The summed E-state index contributed by atoms with van der Waals surface area (Å²) >= 11 is 0. The number of rotatable bonds is 29. The summed E-state index contributed by atoms with van der Waals surface area (Å²) in [7, 11) is 0. The Hall–Kier alpha value is -1.86. The second kappa shape index (κ2) is 28.0. The molecule has 60 heavy (non-hydrogen) atoms. The fourth-order valence-electron chi connectivity index (χ4n) is 6.64. The van der Waals surface area contributed by atoms with Gasteiger partial charge in [-0.3, -0.25) is 9.59 Å². The molecule has 24 heteroatoms. The van der Waals surface area contributed by atoms with Gasteiger partial charge in [-0.15, -0.1) is 0 Å². The molecule has 2 aliphatic heterocycles. The highest BCUT2D eigenvalue weighted by Crippen LogP contribution is 2.27. The van der Waals surface area contributed by atoms with Crippen LogP contribution in [-0.2, 0) is 28.5 Å². The first kappa shape index (κ1) is 54.3. The van der Waals surface area contributed by atoms with Gasteiger partial charge in [0.05, 0.1) is 26.4 Å². The van der Waals surface area contributed by atoms with E-state index in [-0.39, 0.29) is 13.1 Å². The summed E-state index contributed by atoms with van der Waals surface area (Å²) in [6, 6.07) is 0. The minimum atomic E-state index is -2.14. The molecule has 0 radical (unpaired) electrons. The molecule has 2 rings (SSSR count). The first-order valence-electron chi connectivity index (χ1n) is 20.2. The van der Waals surface area contributed by atoms with Gasteiger partial charge in [-0.1, -0.05) is 51.4 Å². The maximum absolute atomic E-state index is 12.5. The fourth-order valence-corrected chi connectivity index (χ4v) is 6.64. The van der Waals surface area contributed by atoms with Gasteiger partial charge in [-0.05, 0) is 12.8 Å². The molecule has 2 saturated heterocycles. The molecule has 354 valence electrons. The maximum Gasteiger partial charge on any atom is 0.251 e. The van der Waals surface area contributed by atoms with Crippen LogP contribution < -0.4 is 10.6 Å². The molecule has 2 heterocycles. The molecule has 2 aliphatic rings. The summed E-state index contributed by atoms with van der Waals surface area (Å²) in [5.41, 5.74) is 0. The minimum Gasteiger partial charge on any atom is -0.394 e. The number of aliphatic hydroxyl groups excluding tert-OH is 16. The van der Waals surface area contributed by atoms with E-state index in [1.807, 2.05) is 0 Å². The SMILES string of the molecule is O=C(NCCCCCCCCCCCCNC(=O)[C@H](O)[C@@H](O)[C@H](O[C@@H]1O[C@H](CO)[C@H](O)[C@H](O)[C@H]1O)[C@H](O)CO)[C@H](O)[C@@H](O)[C@H](O[C@@H]1O[C@H](CO)[C@H](O)[C@H](O)[C@H]1O)[C@H](O)CO. The third-order valence-electron chi connectivity index (χ3n) is 10.5. The Balaban J connectivity index is 1.60. The summed E-state index contributed by atoms with van der Waals surface area (Å²) in [6.07, 6.45) is -25.4. The molecule has 0 aromatic carbocycles. The monoisotopic (exact) mass is 880 g/mol. The molecule has 24 nitrogen and oxygen atoms in total. The lowest BCUT2D eigenvalue weighted by molar-refractivity contribution is -0.326. The Labute approximate surface area is 346 Å². The van der Waals surface area contributed by atoms with Gasteiger partial charge < -0.3 is 111 Å². The molecule has 0 aromatic rings. The van der Waals surface area contributed by atoms with E-state index in [1.165, 1.54) is 0 Å². The number of ether oxygens (including phenoxy) is 4. The van der Waals surface area contributed by atoms with Crippen molar-refractivity contribution in [1.29, 1.82) is 0 Å². The normalized spacial score (nSPS) is 31.3. The number of unbranched alkanes of at least 4 members (excludes halogenated alkanes) is 9. The predicted octanol–water partition coefficient (Wildman–Crippen LogP) is -8.36. The molecule has 2 amide bonds. The van der Waals surface area contributed by atoms with Crippen molar-refractivity contribution < 1.29 is 110 Å².